The maximum atomic E-state index is 13.0. The van der Waals surface area contributed by atoms with Crippen LogP contribution in [0.1, 0.15) is 10.4 Å². The zero-order valence-electron chi connectivity index (χ0n) is 17.8. The molecule has 4 rings (SSSR count). The Kier molecular flexibility index (Phi) is 7.52. The molecule has 1 amide bonds. The van der Waals surface area contributed by atoms with Crippen molar-refractivity contribution in [2.24, 2.45) is 0 Å². The predicted octanol–water partition coefficient (Wildman–Crippen LogP) is 7.49. The quantitative estimate of drug-likeness (QED) is 0.251. The van der Waals surface area contributed by atoms with Crippen LogP contribution >= 0.6 is 34.8 Å². The lowest BCUT2D eigenvalue weighted by molar-refractivity contribution is 0.102. The smallest absolute Gasteiger partial charge is 0.261 e. The number of anilines is 2. The Morgan fingerprint density at radius 2 is 1.20 bits per heavy atom. The van der Waals surface area contributed by atoms with Gasteiger partial charge in [-0.25, -0.2) is 8.42 Å². The van der Waals surface area contributed by atoms with Gasteiger partial charge in [-0.3, -0.25) is 9.52 Å². The van der Waals surface area contributed by atoms with Gasteiger partial charge in [-0.1, -0.05) is 34.8 Å². The van der Waals surface area contributed by atoms with Gasteiger partial charge in [-0.05, 0) is 91.0 Å². The largest absolute Gasteiger partial charge is 0.457 e. The summed E-state index contributed by atoms with van der Waals surface area (Å²) in [6.45, 7) is 0. The summed E-state index contributed by atoms with van der Waals surface area (Å²) in [5.74, 6) is 0.625. The highest BCUT2D eigenvalue weighted by molar-refractivity contribution is 7.92. The fourth-order valence-corrected chi connectivity index (χ4v) is 4.56. The van der Waals surface area contributed by atoms with Crippen LogP contribution in [-0.4, -0.2) is 14.3 Å². The van der Waals surface area contributed by atoms with Crippen LogP contribution < -0.4 is 14.8 Å². The number of hydrogen-bond acceptors (Lipinski definition) is 4. The van der Waals surface area contributed by atoms with Crippen LogP contribution in [0.25, 0.3) is 0 Å². The Bertz CT molecular complexity index is 1460. The molecule has 2 N–H and O–H groups in total. The number of carbonyl (C=O) groups is 1. The number of sulfonamides is 1. The highest BCUT2D eigenvalue weighted by atomic mass is 35.5. The summed E-state index contributed by atoms with van der Waals surface area (Å²) < 4.78 is 33.8. The molecule has 0 aliphatic carbocycles. The van der Waals surface area contributed by atoms with Crippen LogP contribution in [0.4, 0.5) is 11.4 Å². The Labute approximate surface area is 217 Å². The summed E-state index contributed by atoms with van der Waals surface area (Å²) in [5, 5.41) is 4.01. The van der Waals surface area contributed by atoms with E-state index in [-0.39, 0.29) is 21.2 Å². The minimum absolute atomic E-state index is 0.000477. The summed E-state index contributed by atoms with van der Waals surface area (Å²) in [6.07, 6.45) is 0. The first-order chi connectivity index (χ1) is 16.7. The predicted molar refractivity (Wildman–Crippen MR) is 140 cm³/mol. The Hall–Kier alpha value is -3.23. The maximum absolute atomic E-state index is 13.0. The molecule has 0 unspecified atom stereocenters. The first-order valence-corrected chi connectivity index (χ1v) is 12.7. The van der Waals surface area contributed by atoms with Crippen molar-refractivity contribution < 1.29 is 17.9 Å². The van der Waals surface area contributed by atoms with Crippen LogP contribution in [0.5, 0.6) is 11.5 Å². The molecular formula is C25H17Cl3N2O4S. The summed E-state index contributed by atoms with van der Waals surface area (Å²) in [4.78, 5) is 13.0. The van der Waals surface area contributed by atoms with Crippen molar-refractivity contribution in [2.75, 3.05) is 10.0 Å². The van der Waals surface area contributed by atoms with Gasteiger partial charge in [0.25, 0.3) is 15.9 Å². The van der Waals surface area contributed by atoms with Gasteiger partial charge in [0.15, 0.2) is 0 Å². The number of nitrogens with one attached hydrogen (secondary N) is 2. The number of ether oxygens (including phenoxy) is 1. The van der Waals surface area contributed by atoms with Crippen molar-refractivity contribution in [1.29, 1.82) is 0 Å². The lowest BCUT2D eigenvalue weighted by Crippen LogP contribution is -2.18. The second-order valence-corrected chi connectivity index (χ2v) is 10.3. The van der Waals surface area contributed by atoms with E-state index in [1.165, 1.54) is 42.5 Å². The number of hydrogen-bond donors (Lipinski definition) is 2. The highest BCUT2D eigenvalue weighted by Crippen LogP contribution is 2.27. The molecule has 0 spiro atoms. The molecule has 4 aromatic rings. The fourth-order valence-electron chi connectivity index (χ4n) is 3.05. The van der Waals surface area contributed by atoms with Gasteiger partial charge in [-0.15, -0.1) is 0 Å². The van der Waals surface area contributed by atoms with Crippen molar-refractivity contribution in [3.05, 3.63) is 112 Å². The number of carbonyl (C=O) groups excluding carboxylic acids is 1. The lowest BCUT2D eigenvalue weighted by atomic mass is 10.1. The van der Waals surface area contributed by atoms with Gasteiger partial charge < -0.3 is 10.1 Å². The molecule has 0 heterocycles. The van der Waals surface area contributed by atoms with Crippen LogP contribution in [0.15, 0.2) is 95.9 Å². The Morgan fingerprint density at radius 3 is 1.80 bits per heavy atom. The van der Waals surface area contributed by atoms with Gasteiger partial charge in [0.1, 0.15) is 11.5 Å². The van der Waals surface area contributed by atoms with E-state index in [2.05, 4.69) is 10.0 Å². The van der Waals surface area contributed by atoms with E-state index in [4.69, 9.17) is 39.5 Å². The second kappa shape index (κ2) is 10.6. The summed E-state index contributed by atoms with van der Waals surface area (Å²) in [5.41, 5.74) is 0.603. The zero-order chi connectivity index (χ0) is 25.0. The van der Waals surface area contributed by atoms with Crippen molar-refractivity contribution in [2.45, 2.75) is 4.90 Å². The maximum Gasteiger partial charge on any atom is 0.261 e. The summed E-state index contributed by atoms with van der Waals surface area (Å²) >= 11 is 17.8. The van der Waals surface area contributed by atoms with E-state index in [0.29, 0.717) is 27.2 Å². The topological polar surface area (TPSA) is 84.5 Å². The van der Waals surface area contributed by atoms with E-state index in [9.17, 15) is 13.2 Å². The van der Waals surface area contributed by atoms with Gasteiger partial charge in [0.05, 0.1) is 16.1 Å². The van der Waals surface area contributed by atoms with Crippen molar-refractivity contribution in [3.63, 3.8) is 0 Å². The van der Waals surface area contributed by atoms with E-state index in [1.807, 2.05) is 0 Å². The minimum Gasteiger partial charge on any atom is -0.457 e. The molecule has 0 aromatic heterocycles. The third-order valence-corrected chi connectivity index (χ3v) is 6.88. The first kappa shape index (κ1) is 24.9. The van der Waals surface area contributed by atoms with Crippen molar-refractivity contribution in [1.82, 2.24) is 0 Å². The van der Waals surface area contributed by atoms with Crippen LogP contribution in [0.2, 0.25) is 15.1 Å². The molecule has 6 nitrogen and oxygen atoms in total. The van der Waals surface area contributed by atoms with Crippen LogP contribution in [0, 0.1) is 0 Å². The van der Waals surface area contributed by atoms with E-state index >= 15 is 0 Å². The second-order valence-electron chi connectivity index (χ2n) is 7.28. The third-order valence-electron chi connectivity index (χ3n) is 4.76. The molecule has 0 radical (unpaired) electrons. The van der Waals surface area contributed by atoms with E-state index in [0.717, 1.165) is 0 Å². The fraction of sp³-hybridized carbons (Fsp3) is 0. The van der Waals surface area contributed by atoms with Gasteiger partial charge in [0, 0.05) is 20.8 Å². The lowest BCUT2D eigenvalue weighted by Gasteiger charge is -2.14. The summed E-state index contributed by atoms with van der Waals surface area (Å²) in [7, 11) is -3.97. The Morgan fingerprint density at radius 1 is 0.686 bits per heavy atom. The van der Waals surface area contributed by atoms with Crippen LogP contribution in [-0.2, 0) is 10.0 Å². The highest BCUT2D eigenvalue weighted by Gasteiger charge is 2.19. The van der Waals surface area contributed by atoms with Crippen molar-refractivity contribution in [3.8, 4) is 11.5 Å². The minimum atomic E-state index is -3.97. The summed E-state index contributed by atoms with van der Waals surface area (Å²) in [6, 6.07) is 23.6. The normalized spacial score (nSPS) is 11.1. The molecule has 35 heavy (non-hydrogen) atoms. The van der Waals surface area contributed by atoms with Crippen molar-refractivity contribution >= 4 is 62.1 Å². The molecule has 0 saturated carbocycles. The molecule has 4 aromatic carbocycles. The molecule has 178 valence electrons. The van der Waals surface area contributed by atoms with Gasteiger partial charge in [-0.2, -0.15) is 0 Å². The molecule has 0 aliphatic heterocycles. The van der Waals surface area contributed by atoms with E-state index < -0.39 is 15.9 Å². The molecule has 0 atom stereocenters. The standard InChI is InChI=1S/C25H17Cl3N2O4S/c26-16-1-8-20(9-2-16)34-21-10-6-19(7-11-21)29-25(31)23-15-18(28)5-14-24(23)30-35(32,33)22-12-3-17(27)4-13-22/h1-15,30H,(H,29,31). The molecular weight excluding hydrogens is 531 g/mol. The monoisotopic (exact) mass is 546 g/mol. The molecule has 0 aliphatic rings. The van der Waals surface area contributed by atoms with Gasteiger partial charge >= 0.3 is 0 Å². The third kappa shape index (κ3) is 6.46. The number of amides is 1. The number of rotatable bonds is 7. The average molecular weight is 548 g/mol. The molecule has 10 heteroatoms. The SMILES string of the molecule is O=C(Nc1ccc(Oc2ccc(Cl)cc2)cc1)c1cc(Cl)ccc1NS(=O)(=O)c1ccc(Cl)cc1. The molecule has 0 fully saturated rings. The molecule has 0 saturated heterocycles. The first-order valence-electron chi connectivity index (χ1n) is 10.1. The Balaban J connectivity index is 1.51. The van der Waals surface area contributed by atoms with Crippen LogP contribution in [0.3, 0.4) is 0 Å². The van der Waals surface area contributed by atoms with Gasteiger partial charge in [0.2, 0.25) is 0 Å². The van der Waals surface area contributed by atoms with E-state index in [1.54, 1.807) is 48.5 Å². The average Bonchev–Trinajstić information content (AvgIpc) is 2.83. The zero-order valence-corrected chi connectivity index (χ0v) is 20.9. The number of benzene rings is 4. The number of halogens is 3. The molecule has 0 bridgehead atoms.